The third kappa shape index (κ3) is 5.87. The van der Waals surface area contributed by atoms with Gasteiger partial charge in [0.2, 0.25) is 0 Å². The highest BCUT2D eigenvalue weighted by Gasteiger charge is 2.37. The maximum absolute atomic E-state index is 14.7. The second-order valence-corrected chi connectivity index (χ2v) is 9.43. The molecule has 6 nitrogen and oxygen atoms in total. The van der Waals surface area contributed by atoms with E-state index < -0.39 is 29.7 Å². The van der Waals surface area contributed by atoms with Crippen molar-refractivity contribution >= 4 is 5.84 Å². The highest BCUT2D eigenvalue weighted by molar-refractivity contribution is 5.80. The third-order valence-corrected chi connectivity index (χ3v) is 5.68. The molecular weight excluding hydrogens is 436 g/mol. The average Bonchev–Trinajstić information content (AvgIpc) is 3.19. The molecule has 0 fully saturated rings. The maximum atomic E-state index is 14.7. The third-order valence-electron chi connectivity index (χ3n) is 5.68. The molecule has 182 valence electrons. The predicted molar refractivity (Wildman–Crippen MR) is 131 cm³/mol. The Morgan fingerprint density at radius 3 is 2.50 bits per heavy atom. The monoisotopic (exact) mass is 469 g/mol. The SMILES string of the molecule is CC(C)(C)[C@H](c1nc(-c2cc(F)ccc2F)cn1Cc1ccccc1)N(CCCN)C(=N)CO. The van der Waals surface area contributed by atoms with E-state index in [9.17, 15) is 13.9 Å². The van der Waals surface area contributed by atoms with Crippen LogP contribution in [0.15, 0.2) is 54.7 Å². The molecule has 34 heavy (non-hydrogen) atoms. The van der Waals surface area contributed by atoms with Crippen LogP contribution < -0.4 is 5.73 Å². The molecule has 8 heteroatoms. The van der Waals surface area contributed by atoms with E-state index in [-0.39, 0.29) is 11.4 Å². The van der Waals surface area contributed by atoms with Gasteiger partial charge in [0.25, 0.3) is 0 Å². The van der Waals surface area contributed by atoms with Gasteiger partial charge in [-0.2, -0.15) is 0 Å². The molecular formula is C26H33F2N5O. The van der Waals surface area contributed by atoms with Gasteiger partial charge in [0.15, 0.2) is 0 Å². The molecule has 0 bridgehead atoms. The number of halogens is 2. The molecule has 0 aliphatic heterocycles. The van der Waals surface area contributed by atoms with Crippen molar-refractivity contribution in [3.05, 3.63) is 77.8 Å². The molecule has 4 N–H and O–H groups in total. The average molecular weight is 470 g/mol. The van der Waals surface area contributed by atoms with Crippen LogP contribution in [0.3, 0.4) is 0 Å². The van der Waals surface area contributed by atoms with Crippen molar-refractivity contribution in [3.8, 4) is 11.3 Å². The Morgan fingerprint density at radius 2 is 1.88 bits per heavy atom. The number of nitrogens with one attached hydrogen (secondary N) is 1. The van der Waals surface area contributed by atoms with E-state index in [1.165, 1.54) is 0 Å². The molecule has 0 aliphatic carbocycles. The summed E-state index contributed by atoms with van der Waals surface area (Å²) in [5, 5.41) is 18.3. The first-order chi connectivity index (χ1) is 16.2. The van der Waals surface area contributed by atoms with Crippen molar-refractivity contribution in [3.63, 3.8) is 0 Å². The molecule has 1 atom stereocenters. The Hall–Kier alpha value is -3.10. The predicted octanol–water partition coefficient (Wildman–Crippen LogP) is 4.58. The molecule has 0 unspecified atom stereocenters. The van der Waals surface area contributed by atoms with E-state index in [2.05, 4.69) is 0 Å². The molecule has 0 radical (unpaired) electrons. The lowest BCUT2D eigenvalue weighted by atomic mass is 9.84. The van der Waals surface area contributed by atoms with Crippen molar-refractivity contribution in [2.24, 2.45) is 11.1 Å². The van der Waals surface area contributed by atoms with Crippen molar-refractivity contribution in [1.82, 2.24) is 14.5 Å². The molecule has 1 aromatic heterocycles. The number of imidazole rings is 1. The highest BCUT2D eigenvalue weighted by atomic mass is 19.1. The number of nitrogens with zero attached hydrogens (tertiary/aromatic N) is 3. The van der Waals surface area contributed by atoms with Crippen LogP contribution in [0.1, 0.15) is 44.6 Å². The smallest absolute Gasteiger partial charge is 0.133 e. The van der Waals surface area contributed by atoms with Gasteiger partial charge in [-0.05, 0) is 42.1 Å². The zero-order valence-electron chi connectivity index (χ0n) is 19.9. The van der Waals surface area contributed by atoms with E-state index in [4.69, 9.17) is 16.1 Å². The number of aromatic nitrogens is 2. The fourth-order valence-electron chi connectivity index (χ4n) is 4.15. The van der Waals surface area contributed by atoms with Gasteiger partial charge in [0.1, 0.15) is 29.9 Å². The number of aliphatic hydroxyl groups excluding tert-OH is 1. The second kappa shape index (κ2) is 10.9. The van der Waals surface area contributed by atoms with E-state index in [0.29, 0.717) is 37.6 Å². The standard InChI is InChI=1S/C26H33F2N5O/c1-26(2,3)24(33(13-7-12-29)23(30)17-34)25-31-22(20-14-19(27)10-11-21(20)28)16-32(25)15-18-8-5-4-6-9-18/h4-6,8-11,14,16,24,30,34H,7,12-13,15,17,29H2,1-3H3/t24-/m0/s1. The van der Waals surface area contributed by atoms with Gasteiger partial charge < -0.3 is 20.3 Å². The Kier molecular flexibility index (Phi) is 8.17. The zero-order valence-corrected chi connectivity index (χ0v) is 19.9. The van der Waals surface area contributed by atoms with E-state index >= 15 is 0 Å². The van der Waals surface area contributed by atoms with Gasteiger partial charge in [-0.3, -0.25) is 5.41 Å². The first-order valence-electron chi connectivity index (χ1n) is 11.4. The number of nitrogens with two attached hydrogens (primary N) is 1. The van der Waals surface area contributed by atoms with Gasteiger partial charge >= 0.3 is 0 Å². The fraction of sp³-hybridized carbons (Fsp3) is 0.385. The summed E-state index contributed by atoms with van der Waals surface area (Å²) in [5.41, 5.74) is 6.75. The van der Waals surface area contributed by atoms with Crippen LogP contribution in [0.2, 0.25) is 0 Å². The van der Waals surface area contributed by atoms with Crippen LogP contribution in [-0.4, -0.2) is 45.1 Å². The summed E-state index contributed by atoms with van der Waals surface area (Å²) in [6.07, 6.45) is 2.35. The second-order valence-electron chi connectivity index (χ2n) is 9.43. The lowest BCUT2D eigenvalue weighted by Crippen LogP contribution is -2.44. The van der Waals surface area contributed by atoms with Gasteiger partial charge in [0, 0.05) is 24.8 Å². The van der Waals surface area contributed by atoms with Crippen LogP contribution in [-0.2, 0) is 6.54 Å². The lowest BCUT2D eigenvalue weighted by molar-refractivity contribution is 0.145. The fourth-order valence-corrected chi connectivity index (χ4v) is 4.15. The minimum atomic E-state index is -0.562. The minimum Gasteiger partial charge on any atom is -0.388 e. The van der Waals surface area contributed by atoms with Crippen molar-refractivity contribution in [2.45, 2.75) is 39.8 Å². The molecule has 2 aromatic carbocycles. The Balaban J connectivity index is 2.20. The summed E-state index contributed by atoms with van der Waals surface area (Å²) in [4.78, 5) is 6.60. The molecule has 0 amide bonds. The molecule has 0 spiro atoms. The zero-order chi connectivity index (χ0) is 24.9. The van der Waals surface area contributed by atoms with Crippen molar-refractivity contribution in [2.75, 3.05) is 19.7 Å². The van der Waals surface area contributed by atoms with E-state index in [0.717, 1.165) is 23.8 Å². The van der Waals surface area contributed by atoms with Crippen molar-refractivity contribution < 1.29 is 13.9 Å². The summed E-state index contributed by atoms with van der Waals surface area (Å²) < 4.78 is 30.6. The number of amidine groups is 1. The number of benzene rings is 2. The van der Waals surface area contributed by atoms with Gasteiger partial charge in [0.05, 0.1) is 11.7 Å². The van der Waals surface area contributed by atoms with Crippen LogP contribution in [0.4, 0.5) is 8.78 Å². The Bertz CT molecular complexity index is 1110. The number of aliphatic hydroxyl groups is 1. The van der Waals surface area contributed by atoms with Crippen molar-refractivity contribution in [1.29, 1.82) is 5.41 Å². The Labute approximate surface area is 199 Å². The lowest BCUT2D eigenvalue weighted by Gasteiger charge is -2.41. The van der Waals surface area contributed by atoms with Crippen LogP contribution in [0, 0.1) is 22.5 Å². The summed E-state index contributed by atoms with van der Waals surface area (Å²) in [5.74, 6) is -0.450. The maximum Gasteiger partial charge on any atom is 0.133 e. The summed E-state index contributed by atoms with van der Waals surface area (Å²) in [7, 11) is 0. The quantitative estimate of drug-likeness (QED) is 0.316. The number of hydrogen-bond acceptors (Lipinski definition) is 4. The number of rotatable bonds is 9. The number of hydrogen-bond donors (Lipinski definition) is 3. The Morgan fingerprint density at radius 1 is 1.18 bits per heavy atom. The van der Waals surface area contributed by atoms with Gasteiger partial charge in [-0.15, -0.1) is 0 Å². The van der Waals surface area contributed by atoms with E-state index in [1.54, 1.807) is 6.20 Å². The molecule has 0 saturated heterocycles. The van der Waals surface area contributed by atoms with Gasteiger partial charge in [-0.1, -0.05) is 51.1 Å². The largest absolute Gasteiger partial charge is 0.388 e. The molecule has 0 aliphatic rings. The van der Waals surface area contributed by atoms with Gasteiger partial charge in [-0.25, -0.2) is 13.8 Å². The topological polar surface area (TPSA) is 91.2 Å². The molecule has 3 rings (SSSR count). The minimum absolute atomic E-state index is 0.0566. The molecule has 3 aromatic rings. The first kappa shape index (κ1) is 25.5. The summed E-state index contributed by atoms with van der Waals surface area (Å²) in [6, 6.07) is 12.7. The first-order valence-corrected chi connectivity index (χ1v) is 11.4. The molecule has 1 heterocycles. The van der Waals surface area contributed by atoms with Crippen LogP contribution in [0.5, 0.6) is 0 Å². The van der Waals surface area contributed by atoms with E-state index in [1.807, 2.05) is 60.6 Å². The molecule has 0 saturated carbocycles. The normalized spacial score (nSPS) is 12.6. The van der Waals surface area contributed by atoms with Crippen LogP contribution in [0.25, 0.3) is 11.3 Å². The highest BCUT2D eigenvalue weighted by Crippen LogP contribution is 2.39. The summed E-state index contributed by atoms with van der Waals surface area (Å²) in [6.45, 7) is 7.01. The van der Waals surface area contributed by atoms with Crippen LogP contribution >= 0.6 is 0 Å². The summed E-state index contributed by atoms with van der Waals surface area (Å²) >= 11 is 0.